The number of nitrogens with zero attached hydrogens (tertiary/aromatic N) is 2. The molecule has 3 aromatic rings. The van der Waals surface area contributed by atoms with Gasteiger partial charge in [0.25, 0.3) is 5.91 Å². The van der Waals surface area contributed by atoms with Gasteiger partial charge in [-0.1, -0.05) is 72.6 Å². The fraction of sp³-hybridized carbons (Fsp3) is 0.333. The van der Waals surface area contributed by atoms with Crippen molar-refractivity contribution in [1.82, 2.24) is 9.80 Å². The maximum atomic E-state index is 13.6. The van der Waals surface area contributed by atoms with Crippen molar-refractivity contribution in [3.8, 4) is 0 Å². The van der Waals surface area contributed by atoms with Gasteiger partial charge in [0, 0.05) is 32.9 Å². The Kier molecular flexibility index (Phi) is 9.27. The molecule has 1 atom stereocenters. The molecule has 2 aromatic carbocycles. The predicted octanol–water partition coefficient (Wildman–Crippen LogP) is 6.54. The van der Waals surface area contributed by atoms with Gasteiger partial charge < -0.3 is 9.80 Å². The largest absolute Gasteiger partial charge is 0.332 e. The maximum Gasteiger partial charge on any atom is 0.254 e. The highest BCUT2D eigenvalue weighted by Crippen LogP contribution is 2.20. The van der Waals surface area contributed by atoms with Crippen LogP contribution in [0, 0.1) is 12.8 Å². The van der Waals surface area contributed by atoms with Crippen LogP contribution in [0.3, 0.4) is 0 Å². The van der Waals surface area contributed by atoms with Crippen LogP contribution in [0.5, 0.6) is 0 Å². The summed E-state index contributed by atoms with van der Waals surface area (Å²) in [5.41, 5.74) is 1.66. The van der Waals surface area contributed by atoms with Gasteiger partial charge in [0.1, 0.15) is 6.54 Å². The zero-order valence-corrected chi connectivity index (χ0v) is 21.9. The van der Waals surface area contributed by atoms with Gasteiger partial charge in [0.2, 0.25) is 5.91 Å². The van der Waals surface area contributed by atoms with E-state index in [1.54, 1.807) is 22.3 Å². The molecule has 33 heavy (non-hydrogen) atoms. The van der Waals surface area contributed by atoms with Gasteiger partial charge in [-0.25, -0.2) is 0 Å². The summed E-state index contributed by atoms with van der Waals surface area (Å²) < 4.78 is 0.849. The molecule has 0 saturated heterocycles. The Bertz CT molecular complexity index is 1070. The number of hydrogen-bond acceptors (Lipinski definition) is 3. The number of hydrogen-bond donors (Lipinski definition) is 0. The third-order valence-electron chi connectivity index (χ3n) is 5.63. The fourth-order valence-electron chi connectivity index (χ4n) is 3.59. The minimum absolute atomic E-state index is 0.0449. The number of carbonyl (C=O) groups is 2. The number of benzene rings is 2. The van der Waals surface area contributed by atoms with Gasteiger partial charge in [-0.2, -0.15) is 0 Å². The van der Waals surface area contributed by atoms with E-state index >= 15 is 0 Å². The first-order valence-electron chi connectivity index (χ1n) is 11.3. The molecule has 174 valence electrons. The van der Waals surface area contributed by atoms with E-state index in [2.05, 4.69) is 48.8 Å². The van der Waals surface area contributed by atoms with Crippen molar-refractivity contribution in [2.24, 2.45) is 5.92 Å². The first kappa shape index (κ1) is 25.2. The zero-order chi connectivity index (χ0) is 23.8. The highest BCUT2D eigenvalue weighted by atomic mass is 79.9. The smallest absolute Gasteiger partial charge is 0.254 e. The molecule has 1 unspecified atom stereocenters. The van der Waals surface area contributed by atoms with Crippen molar-refractivity contribution in [3.05, 3.63) is 92.1 Å². The maximum absolute atomic E-state index is 13.6. The minimum Gasteiger partial charge on any atom is -0.332 e. The van der Waals surface area contributed by atoms with E-state index in [-0.39, 0.29) is 18.4 Å². The van der Waals surface area contributed by atoms with E-state index in [0.717, 1.165) is 21.3 Å². The molecule has 0 N–H and O–H groups in total. The molecule has 2 amide bonds. The lowest BCUT2D eigenvalue weighted by Gasteiger charge is -2.29. The molecule has 0 radical (unpaired) electrons. The van der Waals surface area contributed by atoms with Crippen molar-refractivity contribution in [3.63, 3.8) is 0 Å². The average Bonchev–Trinajstić information content (AvgIpc) is 3.22. The molecule has 0 aliphatic heterocycles. The minimum atomic E-state index is -0.114. The number of rotatable bonds is 10. The Hall–Kier alpha value is -2.44. The highest BCUT2D eigenvalue weighted by Gasteiger charge is 2.24. The molecule has 0 fully saturated rings. The van der Waals surface area contributed by atoms with Crippen molar-refractivity contribution >= 4 is 39.1 Å². The predicted molar refractivity (Wildman–Crippen MR) is 139 cm³/mol. The third-order valence-corrected chi connectivity index (χ3v) is 7.10. The third kappa shape index (κ3) is 7.54. The van der Waals surface area contributed by atoms with Crippen molar-refractivity contribution < 1.29 is 9.59 Å². The SMILES string of the molecule is CCC(C)CN(CC(=O)N(Cc1ccccc1)Cc1ccc(C)s1)C(=O)c1cccc(Br)c1. The Labute approximate surface area is 209 Å². The summed E-state index contributed by atoms with van der Waals surface area (Å²) in [6.07, 6.45) is 0.943. The lowest BCUT2D eigenvalue weighted by atomic mass is 10.1. The van der Waals surface area contributed by atoms with Gasteiger partial charge in [-0.3, -0.25) is 9.59 Å². The topological polar surface area (TPSA) is 40.6 Å². The van der Waals surface area contributed by atoms with Gasteiger partial charge in [0.05, 0.1) is 6.54 Å². The van der Waals surface area contributed by atoms with Crippen LogP contribution in [0.1, 0.15) is 45.9 Å². The summed E-state index contributed by atoms with van der Waals surface area (Å²) >= 11 is 5.15. The Morgan fingerprint density at radius 1 is 0.970 bits per heavy atom. The molecule has 1 aromatic heterocycles. The van der Waals surface area contributed by atoms with Crippen molar-refractivity contribution in [1.29, 1.82) is 0 Å². The van der Waals surface area contributed by atoms with Crippen LogP contribution in [-0.2, 0) is 17.9 Å². The molecule has 0 saturated carbocycles. The molecular formula is C27H31BrN2O2S. The van der Waals surface area contributed by atoms with Gasteiger partial charge in [-0.15, -0.1) is 11.3 Å². The van der Waals surface area contributed by atoms with Crippen LogP contribution >= 0.6 is 27.3 Å². The summed E-state index contributed by atoms with van der Waals surface area (Å²) in [7, 11) is 0. The summed E-state index contributed by atoms with van der Waals surface area (Å²) in [6.45, 7) is 7.95. The number of aryl methyl sites for hydroxylation is 1. The molecule has 1 heterocycles. The quantitative estimate of drug-likeness (QED) is 0.301. The molecular weight excluding hydrogens is 496 g/mol. The first-order chi connectivity index (χ1) is 15.9. The lowest BCUT2D eigenvalue weighted by molar-refractivity contribution is -0.133. The summed E-state index contributed by atoms with van der Waals surface area (Å²) in [4.78, 5) is 32.9. The molecule has 3 rings (SSSR count). The van der Waals surface area contributed by atoms with Crippen LogP contribution in [0.15, 0.2) is 71.2 Å². The normalized spacial score (nSPS) is 11.8. The van der Waals surface area contributed by atoms with Crippen LogP contribution < -0.4 is 0 Å². The molecule has 4 nitrogen and oxygen atoms in total. The van der Waals surface area contributed by atoms with Crippen LogP contribution in [-0.4, -0.2) is 34.7 Å². The number of thiophene rings is 1. The lowest BCUT2D eigenvalue weighted by Crippen LogP contribution is -2.44. The van der Waals surface area contributed by atoms with E-state index in [9.17, 15) is 9.59 Å². The van der Waals surface area contributed by atoms with Crippen LogP contribution in [0.2, 0.25) is 0 Å². The number of amides is 2. The van der Waals surface area contributed by atoms with E-state index in [1.165, 1.54) is 4.88 Å². The Morgan fingerprint density at radius 2 is 1.73 bits per heavy atom. The second-order valence-corrected chi connectivity index (χ2v) is 10.7. The summed E-state index contributed by atoms with van der Waals surface area (Å²) in [5, 5.41) is 0. The van der Waals surface area contributed by atoms with Crippen LogP contribution in [0.25, 0.3) is 0 Å². The fourth-order valence-corrected chi connectivity index (χ4v) is 4.89. The standard InChI is InChI=1S/C27H31BrN2O2S/c1-4-20(2)16-30(27(32)23-11-8-12-24(28)15-23)19-26(31)29(17-22-9-6-5-7-10-22)18-25-14-13-21(3)33-25/h5-15,20H,4,16-19H2,1-3H3. The van der Waals surface area contributed by atoms with Crippen molar-refractivity contribution in [2.75, 3.05) is 13.1 Å². The number of halogens is 1. The van der Waals surface area contributed by atoms with Gasteiger partial charge >= 0.3 is 0 Å². The van der Waals surface area contributed by atoms with Crippen molar-refractivity contribution in [2.45, 2.75) is 40.3 Å². The molecule has 0 aliphatic rings. The second kappa shape index (κ2) is 12.1. The summed E-state index contributed by atoms with van der Waals surface area (Å²) in [5.74, 6) is 0.143. The average molecular weight is 528 g/mol. The van der Waals surface area contributed by atoms with E-state index in [0.29, 0.717) is 31.1 Å². The summed E-state index contributed by atoms with van der Waals surface area (Å²) in [6, 6.07) is 21.5. The monoisotopic (exact) mass is 526 g/mol. The van der Waals surface area contributed by atoms with Gasteiger partial charge in [-0.05, 0) is 48.7 Å². The Balaban J connectivity index is 1.83. The Morgan fingerprint density at radius 3 is 2.36 bits per heavy atom. The van der Waals surface area contributed by atoms with E-state index in [1.807, 2.05) is 53.4 Å². The highest BCUT2D eigenvalue weighted by molar-refractivity contribution is 9.10. The number of carbonyl (C=O) groups excluding carboxylic acids is 2. The first-order valence-corrected chi connectivity index (χ1v) is 12.9. The zero-order valence-electron chi connectivity index (χ0n) is 19.5. The molecule has 6 heteroatoms. The molecule has 0 spiro atoms. The van der Waals surface area contributed by atoms with E-state index < -0.39 is 0 Å². The van der Waals surface area contributed by atoms with Gasteiger partial charge in [0.15, 0.2) is 0 Å². The molecule has 0 aliphatic carbocycles. The van der Waals surface area contributed by atoms with Crippen LogP contribution in [0.4, 0.5) is 0 Å². The molecule has 0 bridgehead atoms. The van der Waals surface area contributed by atoms with E-state index in [4.69, 9.17) is 0 Å². The second-order valence-electron chi connectivity index (χ2n) is 8.46.